The van der Waals surface area contributed by atoms with Gasteiger partial charge >= 0.3 is 6.18 Å². The van der Waals surface area contributed by atoms with Crippen LogP contribution in [0.25, 0.3) is 0 Å². The largest absolute Gasteiger partial charge is 0.489 e. The Hall–Kier alpha value is -3.47. The van der Waals surface area contributed by atoms with Gasteiger partial charge in [-0.2, -0.15) is 13.2 Å². The van der Waals surface area contributed by atoms with Gasteiger partial charge in [0.05, 0.1) is 0 Å². The van der Waals surface area contributed by atoms with Gasteiger partial charge in [-0.25, -0.2) is 0 Å². The zero-order valence-electron chi connectivity index (χ0n) is 21.2. The minimum absolute atomic E-state index is 0.0353. The first-order valence-corrected chi connectivity index (χ1v) is 13.4. The number of fused-ring (bicyclic) bond motifs is 1. The molecule has 2 saturated heterocycles. The molecule has 4 heterocycles. The number of rotatable bonds is 5. The molecule has 0 spiro atoms. The lowest BCUT2D eigenvalue weighted by atomic mass is 9.84. The van der Waals surface area contributed by atoms with Gasteiger partial charge in [0.1, 0.15) is 23.6 Å². The Morgan fingerprint density at radius 1 is 1.00 bits per heavy atom. The molecule has 8 nitrogen and oxygen atoms in total. The summed E-state index contributed by atoms with van der Waals surface area (Å²) in [6.07, 6.45) is 1.40. The summed E-state index contributed by atoms with van der Waals surface area (Å²) in [7, 11) is 0. The lowest BCUT2D eigenvalue weighted by Gasteiger charge is -2.48. The number of amides is 3. The highest BCUT2D eigenvalue weighted by molar-refractivity contribution is 6.05. The van der Waals surface area contributed by atoms with Crippen LogP contribution >= 0.6 is 0 Å². The molecule has 39 heavy (non-hydrogen) atoms. The summed E-state index contributed by atoms with van der Waals surface area (Å²) in [6, 6.07) is 7.52. The van der Waals surface area contributed by atoms with Crippen LogP contribution in [-0.4, -0.2) is 63.8 Å². The first-order valence-electron chi connectivity index (χ1n) is 13.4. The number of likely N-dealkylation sites (tertiary alicyclic amines) is 1. The molecule has 4 aliphatic rings. The second-order valence-electron chi connectivity index (χ2n) is 10.9. The Morgan fingerprint density at radius 3 is 2.51 bits per heavy atom. The van der Waals surface area contributed by atoms with Gasteiger partial charge in [-0.1, -0.05) is 12.5 Å². The number of imide groups is 1. The van der Waals surface area contributed by atoms with E-state index in [1.807, 2.05) is 6.07 Å². The van der Waals surface area contributed by atoms with Gasteiger partial charge in [0.15, 0.2) is 0 Å². The van der Waals surface area contributed by atoms with Crippen LogP contribution in [0.5, 0.6) is 5.75 Å². The molecule has 206 valence electrons. The summed E-state index contributed by atoms with van der Waals surface area (Å²) in [6.45, 7) is 1.79. The van der Waals surface area contributed by atoms with Gasteiger partial charge in [-0.05, 0) is 61.1 Å². The molecule has 1 aliphatic carbocycles. The van der Waals surface area contributed by atoms with E-state index in [2.05, 4.69) is 15.2 Å². The van der Waals surface area contributed by atoms with Crippen molar-refractivity contribution < 1.29 is 32.3 Å². The van der Waals surface area contributed by atoms with Crippen LogP contribution in [0.2, 0.25) is 0 Å². The number of pyridine rings is 1. The highest BCUT2D eigenvalue weighted by Gasteiger charge is 2.41. The predicted molar refractivity (Wildman–Crippen MR) is 133 cm³/mol. The summed E-state index contributed by atoms with van der Waals surface area (Å²) in [4.78, 5) is 44.3. The molecule has 3 aliphatic heterocycles. The first kappa shape index (κ1) is 25.8. The Labute approximate surface area is 223 Å². The van der Waals surface area contributed by atoms with Gasteiger partial charge in [-0.3, -0.25) is 29.6 Å². The number of benzene rings is 1. The van der Waals surface area contributed by atoms with Crippen molar-refractivity contribution in [2.75, 3.05) is 13.1 Å². The van der Waals surface area contributed by atoms with Crippen molar-refractivity contribution in [3.8, 4) is 5.75 Å². The van der Waals surface area contributed by atoms with Crippen molar-refractivity contribution in [3.63, 3.8) is 0 Å². The van der Waals surface area contributed by atoms with Crippen LogP contribution in [0.3, 0.4) is 0 Å². The van der Waals surface area contributed by atoms with Crippen LogP contribution in [0.4, 0.5) is 13.2 Å². The number of alkyl halides is 3. The third-order valence-corrected chi connectivity index (χ3v) is 8.38. The zero-order chi connectivity index (χ0) is 27.3. The third kappa shape index (κ3) is 4.99. The van der Waals surface area contributed by atoms with Gasteiger partial charge in [-0.15, -0.1) is 0 Å². The predicted octanol–water partition coefficient (Wildman–Crippen LogP) is 3.65. The number of hydrogen-bond donors (Lipinski definition) is 1. The van der Waals surface area contributed by atoms with E-state index in [9.17, 15) is 27.6 Å². The molecular formula is C28H29F3N4O4. The second-order valence-corrected chi connectivity index (χ2v) is 10.9. The lowest BCUT2D eigenvalue weighted by molar-refractivity contribution is -0.141. The Kier molecular flexibility index (Phi) is 6.57. The zero-order valence-corrected chi connectivity index (χ0v) is 21.2. The Balaban J connectivity index is 1.09. The van der Waals surface area contributed by atoms with Gasteiger partial charge in [0.25, 0.3) is 5.91 Å². The molecule has 1 aromatic carbocycles. The molecule has 0 bridgehead atoms. The van der Waals surface area contributed by atoms with E-state index in [1.165, 1.54) is 17.2 Å². The minimum Gasteiger partial charge on any atom is -0.489 e. The number of carbonyl (C=O) groups is 3. The molecule has 0 unspecified atom stereocenters. The average Bonchev–Trinajstić information content (AvgIpc) is 3.19. The fourth-order valence-electron chi connectivity index (χ4n) is 6.24. The monoisotopic (exact) mass is 542 g/mol. The molecule has 11 heteroatoms. The molecule has 0 radical (unpaired) electrons. The maximum Gasteiger partial charge on any atom is 0.433 e. The van der Waals surface area contributed by atoms with E-state index in [1.54, 1.807) is 12.1 Å². The van der Waals surface area contributed by atoms with Gasteiger partial charge in [0.2, 0.25) is 11.8 Å². The number of aromatic nitrogens is 1. The standard InChI is InChI=1S/C28H29F3N4O4/c29-28(30,31)24-9-5-16(12-32-24)18-13-34(14-18)21-3-1-2-4-23(21)39-19-6-7-20-17(11-19)15-35(27(20)38)22-8-10-25(36)33-26(22)37/h5-7,9,11-12,18,21-23H,1-4,8,10,13-15H2,(H,33,36,37)/t21-,22-,23+/m0/s1. The van der Waals surface area contributed by atoms with Crippen molar-refractivity contribution >= 4 is 17.7 Å². The fraction of sp³-hybridized carbons (Fsp3) is 0.500. The SMILES string of the molecule is O=C1CC[C@H](N2Cc3cc(O[C@@H]4CCCC[C@@H]4N4CC(c5ccc(C(F)(F)F)nc5)C4)ccc3C2=O)C(=O)N1. The number of hydrogen-bond acceptors (Lipinski definition) is 6. The summed E-state index contributed by atoms with van der Waals surface area (Å²) in [5.74, 6) is -0.151. The number of nitrogens with one attached hydrogen (secondary N) is 1. The van der Waals surface area contributed by atoms with Crippen molar-refractivity contribution in [1.29, 1.82) is 0 Å². The molecular weight excluding hydrogens is 513 g/mol. The molecule has 3 atom stereocenters. The average molecular weight is 543 g/mol. The van der Waals surface area contributed by atoms with E-state index in [-0.39, 0.29) is 36.3 Å². The molecule has 2 aromatic rings. The van der Waals surface area contributed by atoms with E-state index in [4.69, 9.17) is 4.74 Å². The highest BCUT2D eigenvalue weighted by atomic mass is 19.4. The molecule has 1 aromatic heterocycles. The summed E-state index contributed by atoms with van der Waals surface area (Å²) in [5, 5.41) is 2.32. The highest BCUT2D eigenvalue weighted by Crippen LogP contribution is 2.37. The quantitative estimate of drug-likeness (QED) is 0.580. The van der Waals surface area contributed by atoms with E-state index in [0.717, 1.165) is 56.0 Å². The van der Waals surface area contributed by atoms with Crippen LogP contribution in [0.1, 0.15) is 71.6 Å². The van der Waals surface area contributed by atoms with Gasteiger partial charge in [0, 0.05) is 49.8 Å². The van der Waals surface area contributed by atoms with Crippen LogP contribution in [0, 0.1) is 0 Å². The minimum atomic E-state index is -4.44. The number of carbonyl (C=O) groups excluding carboxylic acids is 3. The van der Waals surface area contributed by atoms with Crippen LogP contribution < -0.4 is 10.1 Å². The van der Waals surface area contributed by atoms with Crippen molar-refractivity contribution in [2.24, 2.45) is 0 Å². The third-order valence-electron chi connectivity index (χ3n) is 8.38. The van der Waals surface area contributed by atoms with E-state index < -0.39 is 23.8 Å². The number of piperidine rings is 1. The van der Waals surface area contributed by atoms with Crippen molar-refractivity contribution in [2.45, 2.75) is 75.4 Å². The Morgan fingerprint density at radius 2 is 1.79 bits per heavy atom. The van der Waals surface area contributed by atoms with Crippen molar-refractivity contribution in [1.82, 2.24) is 20.1 Å². The van der Waals surface area contributed by atoms with Crippen LogP contribution in [-0.2, 0) is 22.3 Å². The maximum atomic E-state index is 13.0. The Bertz CT molecular complexity index is 1290. The number of halogens is 3. The summed E-state index contributed by atoms with van der Waals surface area (Å²) < 4.78 is 45.0. The molecule has 3 amide bonds. The first-order chi connectivity index (χ1) is 18.7. The summed E-state index contributed by atoms with van der Waals surface area (Å²) in [5.41, 5.74) is 1.28. The second kappa shape index (κ2) is 9.93. The topological polar surface area (TPSA) is 91.8 Å². The molecule has 3 fully saturated rings. The van der Waals surface area contributed by atoms with Crippen LogP contribution in [0.15, 0.2) is 36.5 Å². The van der Waals surface area contributed by atoms with Crippen molar-refractivity contribution in [3.05, 3.63) is 58.9 Å². The summed E-state index contributed by atoms with van der Waals surface area (Å²) >= 11 is 0. The number of nitrogens with zero attached hydrogens (tertiary/aromatic N) is 3. The molecule has 1 saturated carbocycles. The van der Waals surface area contributed by atoms with E-state index in [0.29, 0.717) is 24.3 Å². The molecule has 6 rings (SSSR count). The maximum absolute atomic E-state index is 13.0. The lowest BCUT2D eigenvalue weighted by Crippen LogP contribution is -2.57. The van der Waals surface area contributed by atoms with Gasteiger partial charge < -0.3 is 9.64 Å². The fourth-order valence-corrected chi connectivity index (χ4v) is 6.24. The molecule has 1 N–H and O–H groups in total. The number of ether oxygens (including phenoxy) is 1. The smallest absolute Gasteiger partial charge is 0.433 e. The normalized spacial score (nSPS) is 26.3. The van der Waals surface area contributed by atoms with E-state index >= 15 is 0 Å².